The first kappa shape index (κ1) is 15.7. The molecule has 5 nitrogen and oxygen atoms in total. The quantitative estimate of drug-likeness (QED) is 0.670. The van der Waals surface area contributed by atoms with Crippen LogP contribution in [0.3, 0.4) is 0 Å². The predicted molar refractivity (Wildman–Crippen MR) is 85.8 cm³/mol. The van der Waals surface area contributed by atoms with Crippen LogP contribution in [0.25, 0.3) is 11.5 Å². The second kappa shape index (κ2) is 6.92. The van der Waals surface area contributed by atoms with Gasteiger partial charge in [0, 0.05) is 11.8 Å². The maximum Gasteiger partial charge on any atom is 0.250 e. The lowest BCUT2D eigenvalue weighted by molar-refractivity contribution is 0.300. The molecule has 1 atom stereocenters. The van der Waals surface area contributed by atoms with Crippen LogP contribution >= 0.6 is 0 Å². The van der Waals surface area contributed by atoms with Crippen molar-refractivity contribution in [1.82, 2.24) is 15.2 Å². The number of hydrogen-bond donors (Lipinski definition) is 0. The van der Waals surface area contributed by atoms with E-state index in [-0.39, 0.29) is 11.8 Å². The van der Waals surface area contributed by atoms with Gasteiger partial charge in [0.2, 0.25) is 5.89 Å². The Morgan fingerprint density at radius 1 is 1.21 bits per heavy atom. The Morgan fingerprint density at radius 2 is 2.00 bits per heavy atom. The highest BCUT2D eigenvalue weighted by Gasteiger charge is 2.14. The summed E-state index contributed by atoms with van der Waals surface area (Å²) in [6.07, 6.45) is 5.59. The normalized spacial score (nSPS) is 11.7. The molecule has 3 aromatic rings. The molecule has 1 unspecified atom stereocenters. The molecule has 0 radical (unpaired) electrons. The zero-order valence-electron chi connectivity index (χ0n) is 12.9. The van der Waals surface area contributed by atoms with Crippen LogP contribution in [-0.2, 0) is 6.61 Å². The van der Waals surface area contributed by atoms with E-state index >= 15 is 0 Å². The Hall–Kier alpha value is -3.20. The molecule has 0 aliphatic carbocycles. The maximum absolute atomic E-state index is 13.1. The first-order chi connectivity index (χ1) is 11.7. The average molecular weight is 323 g/mol. The second-order valence-corrected chi connectivity index (χ2v) is 5.06. The number of pyridine rings is 1. The molecule has 3 rings (SSSR count). The third-order valence-electron chi connectivity index (χ3n) is 3.26. The lowest BCUT2D eigenvalue weighted by Crippen LogP contribution is -1.98. The molecule has 1 aromatic carbocycles. The average Bonchev–Trinajstić information content (AvgIpc) is 3.11. The van der Waals surface area contributed by atoms with Crippen molar-refractivity contribution in [3.05, 3.63) is 59.7 Å². The summed E-state index contributed by atoms with van der Waals surface area (Å²) in [7, 11) is 0. The van der Waals surface area contributed by atoms with Crippen molar-refractivity contribution in [2.24, 2.45) is 0 Å². The minimum absolute atomic E-state index is 0.0483. The lowest BCUT2D eigenvalue weighted by Gasteiger charge is -2.06. The van der Waals surface area contributed by atoms with Crippen LogP contribution in [0.1, 0.15) is 30.2 Å². The first-order valence-corrected chi connectivity index (χ1v) is 7.28. The van der Waals surface area contributed by atoms with E-state index in [0.717, 1.165) is 11.3 Å². The Morgan fingerprint density at radius 3 is 2.58 bits per heavy atom. The zero-order valence-corrected chi connectivity index (χ0v) is 12.9. The van der Waals surface area contributed by atoms with Gasteiger partial charge in [-0.2, -0.15) is 0 Å². The third kappa shape index (κ3) is 3.58. The molecule has 0 spiro atoms. The highest BCUT2D eigenvalue weighted by molar-refractivity contribution is 5.50. The molecule has 24 heavy (non-hydrogen) atoms. The smallest absolute Gasteiger partial charge is 0.250 e. The van der Waals surface area contributed by atoms with E-state index in [4.69, 9.17) is 15.6 Å². The summed E-state index contributed by atoms with van der Waals surface area (Å²) in [5.74, 6) is 3.44. The summed E-state index contributed by atoms with van der Waals surface area (Å²) in [6, 6.07) is 10.8. The van der Waals surface area contributed by atoms with E-state index in [0.29, 0.717) is 17.9 Å². The van der Waals surface area contributed by atoms with Crippen molar-refractivity contribution >= 4 is 0 Å². The highest BCUT2D eigenvalue weighted by Crippen LogP contribution is 2.22. The molecular weight excluding hydrogens is 309 g/mol. The van der Waals surface area contributed by atoms with Gasteiger partial charge in [-0.05, 0) is 43.3 Å². The maximum atomic E-state index is 13.1. The molecule has 0 bridgehead atoms. The SMILES string of the molecule is C#Cc1ccc(OCc2ccc(-c3nnc(C(C)F)o3)cn2)cc1. The molecule has 0 aliphatic rings. The van der Waals surface area contributed by atoms with E-state index in [1.807, 2.05) is 24.3 Å². The molecule has 0 saturated heterocycles. The Kier molecular flexibility index (Phi) is 4.52. The fraction of sp³-hybridized carbons (Fsp3) is 0.167. The predicted octanol–water partition coefficient (Wildman–Crippen LogP) is 3.72. The summed E-state index contributed by atoms with van der Waals surface area (Å²) in [5.41, 5.74) is 2.15. The van der Waals surface area contributed by atoms with Crippen LogP contribution in [0.5, 0.6) is 5.75 Å². The number of rotatable bonds is 5. The molecule has 0 aliphatic heterocycles. The highest BCUT2D eigenvalue weighted by atomic mass is 19.1. The fourth-order valence-corrected chi connectivity index (χ4v) is 1.95. The molecule has 0 saturated carbocycles. The van der Waals surface area contributed by atoms with Crippen LogP contribution < -0.4 is 4.74 Å². The van der Waals surface area contributed by atoms with Gasteiger partial charge in [0.1, 0.15) is 12.4 Å². The van der Waals surface area contributed by atoms with Gasteiger partial charge in [0.25, 0.3) is 5.89 Å². The molecule has 0 N–H and O–H groups in total. The lowest BCUT2D eigenvalue weighted by atomic mass is 10.2. The van der Waals surface area contributed by atoms with Gasteiger partial charge in [0.05, 0.1) is 11.3 Å². The standard InChI is InChI=1S/C18H14FN3O2/c1-3-13-4-8-16(9-5-13)23-11-15-7-6-14(10-20-15)18-22-21-17(24-18)12(2)19/h1,4-10,12H,11H2,2H3. The Labute approximate surface area is 138 Å². The van der Waals surface area contributed by atoms with Gasteiger partial charge in [-0.25, -0.2) is 4.39 Å². The van der Waals surface area contributed by atoms with Crippen molar-refractivity contribution in [3.8, 4) is 29.5 Å². The minimum atomic E-state index is -1.30. The summed E-state index contributed by atoms with van der Waals surface area (Å²) in [4.78, 5) is 4.28. The van der Waals surface area contributed by atoms with Crippen LogP contribution in [-0.4, -0.2) is 15.2 Å². The molecular formula is C18H14FN3O2. The Bertz CT molecular complexity index is 849. The summed E-state index contributed by atoms with van der Waals surface area (Å²) in [6.45, 7) is 1.65. The van der Waals surface area contributed by atoms with Gasteiger partial charge < -0.3 is 9.15 Å². The molecule has 2 aromatic heterocycles. The monoisotopic (exact) mass is 323 g/mol. The summed E-state index contributed by atoms with van der Waals surface area (Å²) in [5, 5.41) is 7.45. The van der Waals surface area contributed by atoms with Crippen LogP contribution in [0.4, 0.5) is 4.39 Å². The molecule has 0 amide bonds. The van der Waals surface area contributed by atoms with E-state index in [1.54, 1.807) is 18.3 Å². The number of terminal acetylenes is 1. The van der Waals surface area contributed by atoms with Gasteiger partial charge in [-0.1, -0.05) is 5.92 Å². The van der Waals surface area contributed by atoms with E-state index in [1.165, 1.54) is 6.92 Å². The van der Waals surface area contributed by atoms with Crippen molar-refractivity contribution < 1.29 is 13.5 Å². The number of aromatic nitrogens is 3. The number of alkyl halides is 1. The Balaban J connectivity index is 1.64. The molecule has 0 fully saturated rings. The van der Waals surface area contributed by atoms with Crippen molar-refractivity contribution in [2.45, 2.75) is 19.7 Å². The van der Waals surface area contributed by atoms with Crippen LogP contribution in [0, 0.1) is 12.3 Å². The minimum Gasteiger partial charge on any atom is -0.487 e. The van der Waals surface area contributed by atoms with Gasteiger partial charge in [-0.3, -0.25) is 4.98 Å². The first-order valence-electron chi connectivity index (χ1n) is 7.28. The third-order valence-corrected chi connectivity index (χ3v) is 3.26. The van der Waals surface area contributed by atoms with Gasteiger partial charge in [-0.15, -0.1) is 16.6 Å². The van der Waals surface area contributed by atoms with E-state index < -0.39 is 6.17 Å². The van der Waals surface area contributed by atoms with Gasteiger partial charge >= 0.3 is 0 Å². The van der Waals surface area contributed by atoms with E-state index in [2.05, 4.69) is 21.1 Å². The number of ether oxygens (including phenoxy) is 1. The largest absolute Gasteiger partial charge is 0.487 e. The molecule has 6 heteroatoms. The zero-order chi connectivity index (χ0) is 16.9. The van der Waals surface area contributed by atoms with Crippen LogP contribution in [0.2, 0.25) is 0 Å². The number of hydrogen-bond acceptors (Lipinski definition) is 5. The van der Waals surface area contributed by atoms with Gasteiger partial charge in [0.15, 0.2) is 6.17 Å². The number of nitrogens with zero attached hydrogens (tertiary/aromatic N) is 3. The second-order valence-electron chi connectivity index (χ2n) is 5.06. The van der Waals surface area contributed by atoms with Crippen molar-refractivity contribution in [1.29, 1.82) is 0 Å². The van der Waals surface area contributed by atoms with E-state index in [9.17, 15) is 4.39 Å². The van der Waals surface area contributed by atoms with Crippen molar-refractivity contribution in [3.63, 3.8) is 0 Å². The topological polar surface area (TPSA) is 61.0 Å². The number of benzene rings is 1. The molecule has 120 valence electrons. The summed E-state index contributed by atoms with van der Waals surface area (Å²) >= 11 is 0. The fourth-order valence-electron chi connectivity index (χ4n) is 1.95. The number of halogens is 1. The van der Waals surface area contributed by atoms with Crippen LogP contribution in [0.15, 0.2) is 47.0 Å². The van der Waals surface area contributed by atoms with Crippen molar-refractivity contribution in [2.75, 3.05) is 0 Å². The summed E-state index contributed by atoms with van der Waals surface area (Å²) < 4.78 is 24.0. The molecule has 2 heterocycles.